The number of carboxylic acid groups (broad SMARTS) is 1. The third kappa shape index (κ3) is 3.55. The van der Waals surface area contributed by atoms with Crippen molar-refractivity contribution in [1.29, 1.82) is 0 Å². The molecule has 1 heterocycles. The Morgan fingerprint density at radius 2 is 1.96 bits per heavy atom. The lowest BCUT2D eigenvalue weighted by atomic mass is 10.2. The standard InChI is InChI=1S/C18H15NO4S/c1-22-16-9-13(18(20)21)7-8-15(16)23-10-17-19-14(11-24-17)12-5-3-2-4-6-12/h2-9,11H,10H2,1H3,(H,20,21). The van der Waals surface area contributed by atoms with Crippen molar-refractivity contribution < 1.29 is 19.4 Å². The van der Waals surface area contributed by atoms with Gasteiger partial charge in [-0.2, -0.15) is 0 Å². The third-order valence-electron chi connectivity index (χ3n) is 3.38. The summed E-state index contributed by atoms with van der Waals surface area (Å²) in [7, 11) is 1.48. The Labute approximate surface area is 143 Å². The van der Waals surface area contributed by atoms with Crippen LogP contribution in [0.1, 0.15) is 15.4 Å². The monoisotopic (exact) mass is 341 g/mol. The van der Waals surface area contributed by atoms with Crippen LogP contribution < -0.4 is 9.47 Å². The topological polar surface area (TPSA) is 68.7 Å². The minimum Gasteiger partial charge on any atom is -0.493 e. The molecule has 0 radical (unpaired) electrons. The van der Waals surface area contributed by atoms with Gasteiger partial charge in [0.15, 0.2) is 11.5 Å². The smallest absolute Gasteiger partial charge is 0.335 e. The third-order valence-corrected chi connectivity index (χ3v) is 4.21. The van der Waals surface area contributed by atoms with Gasteiger partial charge in [0.05, 0.1) is 18.4 Å². The van der Waals surface area contributed by atoms with E-state index in [4.69, 9.17) is 14.6 Å². The molecule has 5 nitrogen and oxygen atoms in total. The van der Waals surface area contributed by atoms with Crippen LogP contribution in [0.3, 0.4) is 0 Å². The number of hydrogen-bond donors (Lipinski definition) is 1. The zero-order valence-electron chi connectivity index (χ0n) is 12.9. The summed E-state index contributed by atoms with van der Waals surface area (Å²) in [4.78, 5) is 15.5. The van der Waals surface area contributed by atoms with E-state index in [1.807, 2.05) is 35.7 Å². The van der Waals surface area contributed by atoms with Crippen LogP contribution in [0.2, 0.25) is 0 Å². The fourth-order valence-electron chi connectivity index (χ4n) is 2.18. The lowest BCUT2D eigenvalue weighted by molar-refractivity contribution is 0.0696. The van der Waals surface area contributed by atoms with E-state index in [9.17, 15) is 4.79 Å². The summed E-state index contributed by atoms with van der Waals surface area (Å²) in [5.41, 5.74) is 2.12. The molecule has 0 aliphatic heterocycles. The predicted molar refractivity (Wildman–Crippen MR) is 91.8 cm³/mol. The van der Waals surface area contributed by atoms with Crippen LogP contribution in [0.4, 0.5) is 0 Å². The van der Waals surface area contributed by atoms with E-state index < -0.39 is 5.97 Å². The van der Waals surface area contributed by atoms with Crippen LogP contribution in [-0.4, -0.2) is 23.2 Å². The van der Waals surface area contributed by atoms with Gasteiger partial charge in [0.1, 0.15) is 11.6 Å². The molecule has 0 fully saturated rings. The number of nitrogens with zero attached hydrogens (tertiary/aromatic N) is 1. The van der Waals surface area contributed by atoms with E-state index in [2.05, 4.69) is 4.98 Å². The minimum absolute atomic E-state index is 0.153. The number of aromatic nitrogens is 1. The number of hydrogen-bond acceptors (Lipinski definition) is 5. The molecule has 6 heteroatoms. The Bertz CT molecular complexity index is 845. The van der Waals surface area contributed by atoms with Crippen molar-refractivity contribution in [2.75, 3.05) is 7.11 Å². The maximum Gasteiger partial charge on any atom is 0.335 e. The molecule has 24 heavy (non-hydrogen) atoms. The second kappa shape index (κ2) is 7.14. The first-order chi connectivity index (χ1) is 11.7. The van der Waals surface area contributed by atoms with E-state index in [1.54, 1.807) is 6.07 Å². The first kappa shape index (κ1) is 16.0. The molecule has 0 saturated carbocycles. The molecule has 0 saturated heterocycles. The molecule has 0 unspecified atom stereocenters. The lowest BCUT2D eigenvalue weighted by Crippen LogP contribution is -2.01. The van der Waals surface area contributed by atoms with Crippen LogP contribution in [0.15, 0.2) is 53.9 Å². The normalized spacial score (nSPS) is 10.4. The molecule has 1 aromatic heterocycles. The number of aromatic carboxylic acids is 1. The molecule has 0 atom stereocenters. The average molecular weight is 341 g/mol. The van der Waals surface area contributed by atoms with Crippen molar-refractivity contribution in [3.63, 3.8) is 0 Å². The summed E-state index contributed by atoms with van der Waals surface area (Å²) in [6, 6.07) is 14.4. The van der Waals surface area contributed by atoms with Crippen molar-refractivity contribution in [1.82, 2.24) is 4.98 Å². The van der Waals surface area contributed by atoms with Gasteiger partial charge in [0, 0.05) is 10.9 Å². The van der Waals surface area contributed by atoms with Gasteiger partial charge in [-0.15, -0.1) is 11.3 Å². The van der Waals surface area contributed by atoms with Gasteiger partial charge in [-0.05, 0) is 18.2 Å². The van der Waals surface area contributed by atoms with Crippen molar-refractivity contribution in [2.45, 2.75) is 6.61 Å². The maximum atomic E-state index is 11.0. The molecule has 0 aliphatic carbocycles. The molecule has 0 spiro atoms. The Morgan fingerprint density at radius 1 is 1.17 bits per heavy atom. The van der Waals surface area contributed by atoms with Crippen LogP contribution >= 0.6 is 11.3 Å². The van der Waals surface area contributed by atoms with Crippen LogP contribution in [0, 0.1) is 0 Å². The molecular weight excluding hydrogens is 326 g/mol. The van der Waals surface area contributed by atoms with E-state index >= 15 is 0 Å². The number of ether oxygens (including phenoxy) is 2. The fraction of sp³-hybridized carbons (Fsp3) is 0.111. The highest BCUT2D eigenvalue weighted by molar-refractivity contribution is 7.09. The highest BCUT2D eigenvalue weighted by atomic mass is 32.1. The maximum absolute atomic E-state index is 11.0. The fourth-order valence-corrected chi connectivity index (χ4v) is 2.89. The molecule has 122 valence electrons. The number of rotatable bonds is 6. The highest BCUT2D eigenvalue weighted by Crippen LogP contribution is 2.29. The first-order valence-corrected chi connectivity index (χ1v) is 8.09. The van der Waals surface area contributed by atoms with Crippen molar-refractivity contribution in [3.8, 4) is 22.8 Å². The molecule has 0 aliphatic rings. The van der Waals surface area contributed by atoms with Crippen molar-refractivity contribution in [3.05, 3.63) is 64.5 Å². The Hall–Kier alpha value is -2.86. The number of carboxylic acids is 1. The van der Waals surface area contributed by atoms with Crippen LogP contribution in [0.5, 0.6) is 11.5 Å². The van der Waals surface area contributed by atoms with Crippen LogP contribution in [-0.2, 0) is 6.61 Å². The number of methoxy groups -OCH3 is 1. The van der Waals surface area contributed by atoms with Gasteiger partial charge in [-0.3, -0.25) is 0 Å². The molecule has 3 aromatic rings. The summed E-state index contributed by atoms with van der Waals surface area (Å²) in [5.74, 6) is -0.138. The van der Waals surface area contributed by atoms with E-state index in [0.717, 1.165) is 16.3 Å². The average Bonchev–Trinajstić information content (AvgIpc) is 3.09. The minimum atomic E-state index is -1.01. The van der Waals surface area contributed by atoms with Gasteiger partial charge in [0.2, 0.25) is 0 Å². The van der Waals surface area contributed by atoms with Gasteiger partial charge in [0.25, 0.3) is 0 Å². The summed E-state index contributed by atoms with van der Waals surface area (Å²) >= 11 is 1.51. The zero-order chi connectivity index (χ0) is 16.9. The molecule has 3 rings (SSSR count). The molecular formula is C18H15NO4S. The second-order valence-electron chi connectivity index (χ2n) is 4.95. The Balaban J connectivity index is 1.72. The van der Waals surface area contributed by atoms with E-state index in [1.165, 1.54) is 30.6 Å². The summed E-state index contributed by atoms with van der Waals surface area (Å²) in [6.07, 6.45) is 0. The second-order valence-corrected chi connectivity index (χ2v) is 5.89. The van der Waals surface area contributed by atoms with Crippen molar-refractivity contribution >= 4 is 17.3 Å². The van der Waals surface area contributed by atoms with Crippen molar-refractivity contribution in [2.24, 2.45) is 0 Å². The van der Waals surface area contributed by atoms with Gasteiger partial charge < -0.3 is 14.6 Å². The lowest BCUT2D eigenvalue weighted by Gasteiger charge is -2.10. The van der Waals surface area contributed by atoms with Gasteiger partial charge >= 0.3 is 5.97 Å². The summed E-state index contributed by atoms with van der Waals surface area (Å²) in [6.45, 7) is 0.292. The van der Waals surface area contributed by atoms with Crippen LogP contribution in [0.25, 0.3) is 11.3 Å². The Kier molecular flexibility index (Phi) is 4.77. The molecule has 1 N–H and O–H groups in total. The quantitative estimate of drug-likeness (QED) is 0.731. The summed E-state index contributed by atoms with van der Waals surface area (Å²) in [5, 5.41) is 11.8. The van der Waals surface area contributed by atoms with Gasteiger partial charge in [-0.25, -0.2) is 9.78 Å². The highest BCUT2D eigenvalue weighted by Gasteiger charge is 2.11. The predicted octanol–water partition coefficient (Wildman–Crippen LogP) is 4.10. The molecule has 0 amide bonds. The number of thiazole rings is 1. The van der Waals surface area contributed by atoms with E-state index in [0.29, 0.717) is 18.1 Å². The SMILES string of the molecule is COc1cc(C(=O)O)ccc1OCc1nc(-c2ccccc2)cs1. The summed E-state index contributed by atoms with van der Waals surface area (Å²) < 4.78 is 10.9. The molecule has 0 bridgehead atoms. The first-order valence-electron chi connectivity index (χ1n) is 7.21. The molecule has 2 aromatic carbocycles. The Morgan fingerprint density at radius 3 is 2.67 bits per heavy atom. The largest absolute Gasteiger partial charge is 0.493 e. The zero-order valence-corrected chi connectivity index (χ0v) is 13.7. The number of benzene rings is 2. The number of carbonyl (C=O) groups is 1. The van der Waals surface area contributed by atoms with E-state index in [-0.39, 0.29) is 5.56 Å². The van der Waals surface area contributed by atoms with Gasteiger partial charge in [-0.1, -0.05) is 30.3 Å².